The Bertz CT molecular complexity index is 1330. The molecule has 1 N–H and O–H groups in total. The number of nitrogens with zero attached hydrogens (tertiary/aromatic N) is 3. The van der Waals surface area contributed by atoms with Gasteiger partial charge in [0, 0.05) is 48.6 Å². The molecule has 172 valence electrons. The fourth-order valence-corrected chi connectivity index (χ4v) is 3.93. The summed E-state index contributed by atoms with van der Waals surface area (Å²) in [6, 6.07) is 13.2. The number of benzene rings is 2. The van der Waals surface area contributed by atoms with E-state index in [2.05, 4.69) is 21.9 Å². The van der Waals surface area contributed by atoms with E-state index in [1.165, 1.54) is 6.08 Å². The fourth-order valence-electron chi connectivity index (χ4n) is 3.93. The van der Waals surface area contributed by atoms with Gasteiger partial charge in [-0.25, -0.2) is 9.97 Å². The molecule has 1 aliphatic rings. The van der Waals surface area contributed by atoms with Gasteiger partial charge in [0.2, 0.25) is 11.9 Å². The predicted molar refractivity (Wildman–Crippen MR) is 135 cm³/mol. The number of allylic oxidation sites excluding steroid dienone is 4. The maximum atomic E-state index is 12.4. The van der Waals surface area contributed by atoms with Crippen LogP contribution in [0.2, 0.25) is 0 Å². The zero-order chi connectivity index (χ0) is 24.1. The molecule has 0 saturated heterocycles. The summed E-state index contributed by atoms with van der Waals surface area (Å²) >= 11 is 0. The van der Waals surface area contributed by atoms with Gasteiger partial charge < -0.3 is 15.0 Å². The number of hydrogen-bond acceptors (Lipinski definition) is 6. The van der Waals surface area contributed by atoms with Crippen molar-refractivity contribution in [2.75, 3.05) is 30.5 Å². The van der Waals surface area contributed by atoms with Gasteiger partial charge >= 0.3 is 0 Å². The molecule has 0 aliphatic heterocycles. The summed E-state index contributed by atoms with van der Waals surface area (Å²) in [5.41, 5.74) is 4.80. The Labute approximate surface area is 198 Å². The molecule has 1 heterocycles. The van der Waals surface area contributed by atoms with Crippen LogP contribution in [0.5, 0.6) is 0 Å². The van der Waals surface area contributed by atoms with Crippen LogP contribution in [0.3, 0.4) is 0 Å². The third-order valence-corrected chi connectivity index (χ3v) is 5.59. The standard InChI is InChI=1S/C27H26N4O3/c1-4-25(33)31(13-14-34-3)22-9-6-8-21(16-22)29-27-28-17-20-15-19(11-12-23(20)30-27)26-18(2)7-5-10-24(26)32/h4-9,11-12,15-17H,1,10,13-14H2,2-3H3,(H,28,29,30). The lowest BCUT2D eigenvalue weighted by Gasteiger charge is -2.21. The van der Waals surface area contributed by atoms with E-state index in [0.29, 0.717) is 31.2 Å². The number of rotatable bonds is 8. The Balaban J connectivity index is 1.59. The molecule has 0 unspecified atom stereocenters. The molecule has 1 amide bonds. The quantitative estimate of drug-likeness (QED) is 0.490. The molecule has 0 fully saturated rings. The lowest BCUT2D eigenvalue weighted by atomic mass is 9.91. The van der Waals surface area contributed by atoms with Crippen LogP contribution in [-0.4, -0.2) is 41.9 Å². The minimum atomic E-state index is -0.204. The van der Waals surface area contributed by atoms with E-state index >= 15 is 0 Å². The van der Waals surface area contributed by atoms with Crippen LogP contribution in [0, 0.1) is 0 Å². The highest BCUT2D eigenvalue weighted by Gasteiger charge is 2.17. The van der Waals surface area contributed by atoms with Crippen molar-refractivity contribution in [3.8, 4) is 0 Å². The number of ether oxygens (including phenoxy) is 1. The summed E-state index contributed by atoms with van der Waals surface area (Å²) in [6.07, 6.45) is 7.32. The van der Waals surface area contributed by atoms with Crippen molar-refractivity contribution < 1.29 is 14.3 Å². The molecule has 0 spiro atoms. The molecule has 7 nitrogen and oxygen atoms in total. The highest BCUT2D eigenvalue weighted by molar-refractivity contribution is 6.23. The van der Waals surface area contributed by atoms with Gasteiger partial charge in [-0.05, 0) is 54.5 Å². The van der Waals surface area contributed by atoms with Crippen LogP contribution in [0.1, 0.15) is 18.9 Å². The van der Waals surface area contributed by atoms with Crippen molar-refractivity contribution >= 4 is 45.5 Å². The first-order valence-corrected chi connectivity index (χ1v) is 11.0. The molecule has 1 aliphatic carbocycles. The molecule has 4 rings (SSSR count). The van der Waals surface area contributed by atoms with Crippen molar-refractivity contribution in [2.45, 2.75) is 13.3 Å². The van der Waals surface area contributed by atoms with Crippen molar-refractivity contribution in [1.82, 2.24) is 9.97 Å². The highest BCUT2D eigenvalue weighted by atomic mass is 16.5. The maximum Gasteiger partial charge on any atom is 0.250 e. The fraction of sp³-hybridized carbons (Fsp3) is 0.185. The van der Waals surface area contributed by atoms with Gasteiger partial charge in [-0.15, -0.1) is 0 Å². The average Bonchev–Trinajstić information content (AvgIpc) is 2.84. The van der Waals surface area contributed by atoms with E-state index in [1.807, 2.05) is 61.5 Å². The van der Waals surface area contributed by atoms with Crippen molar-refractivity contribution in [3.63, 3.8) is 0 Å². The van der Waals surface area contributed by atoms with E-state index in [9.17, 15) is 9.59 Å². The van der Waals surface area contributed by atoms with E-state index in [0.717, 1.165) is 33.3 Å². The van der Waals surface area contributed by atoms with E-state index < -0.39 is 0 Å². The van der Waals surface area contributed by atoms with Crippen LogP contribution in [0.4, 0.5) is 17.3 Å². The Kier molecular flexibility index (Phi) is 6.94. The van der Waals surface area contributed by atoms with Crippen LogP contribution in [-0.2, 0) is 14.3 Å². The zero-order valence-electron chi connectivity index (χ0n) is 19.2. The van der Waals surface area contributed by atoms with Crippen LogP contribution >= 0.6 is 0 Å². The van der Waals surface area contributed by atoms with Crippen LogP contribution in [0.25, 0.3) is 16.5 Å². The van der Waals surface area contributed by atoms with Crippen molar-refractivity contribution in [1.29, 1.82) is 0 Å². The molecule has 0 bridgehead atoms. The van der Waals surface area contributed by atoms with Gasteiger partial charge in [0.05, 0.1) is 12.1 Å². The second-order valence-corrected chi connectivity index (χ2v) is 7.92. The number of carbonyl (C=O) groups excluding carboxylic acids is 2. The summed E-state index contributed by atoms with van der Waals surface area (Å²) in [5, 5.41) is 4.06. The van der Waals surface area contributed by atoms with Gasteiger partial charge in [-0.1, -0.05) is 30.9 Å². The first-order valence-electron chi connectivity index (χ1n) is 11.0. The normalized spacial score (nSPS) is 13.3. The van der Waals surface area contributed by atoms with Gasteiger partial charge in [0.15, 0.2) is 5.78 Å². The molecular formula is C27H26N4O3. The van der Waals surface area contributed by atoms with E-state index in [-0.39, 0.29) is 11.7 Å². The first kappa shape index (κ1) is 23.1. The first-order chi connectivity index (χ1) is 16.5. The summed E-state index contributed by atoms with van der Waals surface area (Å²) in [4.78, 5) is 35.4. The molecule has 2 aromatic carbocycles. The Morgan fingerprint density at radius 1 is 1.26 bits per heavy atom. The number of Topliss-reactive ketones (excluding diaryl/α,β-unsaturated/α-hetero) is 1. The summed E-state index contributed by atoms with van der Waals surface area (Å²) in [6.45, 7) is 6.35. The number of carbonyl (C=O) groups is 2. The Morgan fingerprint density at radius 2 is 2.12 bits per heavy atom. The average molecular weight is 455 g/mol. The van der Waals surface area contributed by atoms with Crippen molar-refractivity contribution in [2.24, 2.45) is 0 Å². The Morgan fingerprint density at radius 3 is 2.88 bits per heavy atom. The number of methoxy groups -OCH3 is 1. The number of fused-ring (bicyclic) bond motifs is 1. The zero-order valence-corrected chi connectivity index (χ0v) is 19.2. The molecule has 7 heteroatoms. The second-order valence-electron chi connectivity index (χ2n) is 7.92. The van der Waals surface area contributed by atoms with Gasteiger partial charge in [0.25, 0.3) is 0 Å². The molecule has 1 aromatic heterocycles. The predicted octanol–water partition coefficient (Wildman–Crippen LogP) is 4.84. The number of hydrogen-bond donors (Lipinski definition) is 1. The number of aromatic nitrogens is 2. The molecule has 0 atom stereocenters. The van der Waals surface area contributed by atoms with E-state index in [1.54, 1.807) is 18.2 Å². The van der Waals surface area contributed by atoms with Gasteiger partial charge in [0.1, 0.15) is 0 Å². The van der Waals surface area contributed by atoms with Crippen LogP contribution < -0.4 is 10.2 Å². The largest absolute Gasteiger partial charge is 0.383 e. The maximum absolute atomic E-state index is 12.4. The molecule has 3 aromatic rings. The smallest absolute Gasteiger partial charge is 0.250 e. The number of amides is 1. The van der Waals surface area contributed by atoms with Crippen molar-refractivity contribution in [3.05, 3.63) is 84.6 Å². The summed E-state index contributed by atoms with van der Waals surface area (Å²) in [7, 11) is 1.59. The monoisotopic (exact) mass is 454 g/mol. The lowest BCUT2D eigenvalue weighted by Crippen LogP contribution is -2.32. The molecule has 0 saturated carbocycles. The van der Waals surface area contributed by atoms with Gasteiger partial charge in [-0.3, -0.25) is 9.59 Å². The molecule has 0 radical (unpaired) electrons. The number of anilines is 3. The minimum Gasteiger partial charge on any atom is -0.383 e. The third kappa shape index (κ3) is 4.94. The minimum absolute atomic E-state index is 0.118. The third-order valence-electron chi connectivity index (χ3n) is 5.59. The summed E-state index contributed by atoms with van der Waals surface area (Å²) < 4.78 is 5.13. The topological polar surface area (TPSA) is 84.4 Å². The Hall–Kier alpha value is -4.10. The number of nitrogens with one attached hydrogen (secondary N) is 1. The second kappa shape index (κ2) is 10.2. The van der Waals surface area contributed by atoms with Gasteiger partial charge in [-0.2, -0.15) is 0 Å². The van der Waals surface area contributed by atoms with E-state index in [4.69, 9.17) is 4.74 Å². The highest BCUT2D eigenvalue weighted by Crippen LogP contribution is 2.28. The SMILES string of the molecule is C=CC(=O)N(CCOC)c1cccc(Nc2ncc3cc(C4=C(C)C=CCC4=O)ccc3n2)c1. The molecule has 34 heavy (non-hydrogen) atoms. The summed E-state index contributed by atoms with van der Waals surface area (Å²) in [5.74, 6) is 0.347. The molecular weight excluding hydrogens is 428 g/mol. The van der Waals surface area contributed by atoms with Crippen LogP contribution in [0.15, 0.2) is 79.0 Å². The lowest BCUT2D eigenvalue weighted by molar-refractivity contribution is -0.114. The number of ketones is 1.